The average molecular weight is 264 g/mol. The molecule has 1 aliphatic rings. The van der Waals surface area contributed by atoms with Gasteiger partial charge in [-0.15, -0.1) is 0 Å². The van der Waals surface area contributed by atoms with E-state index in [0.717, 1.165) is 28.3 Å². The molecular weight excluding hydrogens is 246 g/mol. The van der Waals surface area contributed by atoms with E-state index in [-0.39, 0.29) is 0 Å². The van der Waals surface area contributed by atoms with E-state index in [2.05, 4.69) is 21.4 Å². The van der Waals surface area contributed by atoms with E-state index in [1.54, 1.807) is 6.20 Å². The molecule has 0 unspecified atom stereocenters. The lowest BCUT2D eigenvalue weighted by atomic mass is 9.95. The molecule has 1 saturated carbocycles. The summed E-state index contributed by atoms with van der Waals surface area (Å²) in [5, 5.41) is 5.39. The van der Waals surface area contributed by atoms with Gasteiger partial charge in [0, 0.05) is 29.9 Å². The van der Waals surface area contributed by atoms with E-state index in [1.165, 1.54) is 32.1 Å². The Bertz CT molecular complexity index is 529. The summed E-state index contributed by atoms with van der Waals surface area (Å²) in [6, 6.07) is 4.60. The highest BCUT2D eigenvalue weighted by Crippen LogP contribution is 2.22. The largest absolute Gasteiger partial charge is 0.342 e. The van der Waals surface area contributed by atoms with Crippen molar-refractivity contribution < 1.29 is 0 Å². The second-order valence-corrected chi connectivity index (χ2v) is 5.47. The Balaban J connectivity index is 1.69. The smallest absolute Gasteiger partial charge is 0.138 e. The molecule has 3 nitrogen and oxygen atoms in total. The first-order chi connectivity index (χ1) is 8.83. The Morgan fingerprint density at radius 3 is 2.94 bits per heavy atom. The summed E-state index contributed by atoms with van der Waals surface area (Å²) in [5.41, 5.74) is 2.04. The second-order valence-electron chi connectivity index (χ2n) is 5.07. The quantitative estimate of drug-likeness (QED) is 0.888. The Labute approximate surface area is 112 Å². The van der Waals surface area contributed by atoms with Crippen LogP contribution in [-0.2, 0) is 6.54 Å². The molecule has 2 N–H and O–H groups in total. The molecule has 0 spiro atoms. The molecule has 0 bridgehead atoms. The molecule has 2 heterocycles. The van der Waals surface area contributed by atoms with Gasteiger partial charge in [0.25, 0.3) is 0 Å². The Morgan fingerprint density at radius 2 is 2.17 bits per heavy atom. The third kappa shape index (κ3) is 2.52. The fourth-order valence-electron chi connectivity index (χ4n) is 2.71. The van der Waals surface area contributed by atoms with Crippen molar-refractivity contribution in [2.45, 2.75) is 44.7 Å². The topological polar surface area (TPSA) is 40.7 Å². The van der Waals surface area contributed by atoms with Crippen LogP contribution in [0.15, 0.2) is 18.3 Å². The van der Waals surface area contributed by atoms with Gasteiger partial charge in [-0.2, -0.15) is 0 Å². The summed E-state index contributed by atoms with van der Waals surface area (Å²) in [6.45, 7) is 0.872. The van der Waals surface area contributed by atoms with E-state index in [0.29, 0.717) is 6.04 Å². The van der Waals surface area contributed by atoms with Crippen LogP contribution in [0.1, 0.15) is 37.8 Å². The summed E-state index contributed by atoms with van der Waals surface area (Å²) in [7, 11) is 0. The van der Waals surface area contributed by atoms with E-state index >= 15 is 0 Å². The zero-order chi connectivity index (χ0) is 12.4. The standard InChI is InChI=1S/C14H18ClN3/c15-13-6-7-16-14-12(13)8-11(18-14)9-17-10-4-2-1-3-5-10/h6-8,10,17H,1-5,9H2,(H,16,18). The van der Waals surface area contributed by atoms with Gasteiger partial charge in [-0.1, -0.05) is 30.9 Å². The molecule has 0 saturated heterocycles. The molecule has 0 aliphatic heterocycles. The van der Waals surface area contributed by atoms with E-state index in [4.69, 9.17) is 11.6 Å². The number of aromatic nitrogens is 2. The van der Waals surface area contributed by atoms with Gasteiger partial charge in [-0.3, -0.25) is 0 Å². The Kier molecular flexibility index (Phi) is 3.52. The van der Waals surface area contributed by atoms with Crippen LogP contribution in [0.3, 0.4) is 0 Å². The monoisotopic (exact) mass is 263 g/mol. The van der Waals surface area contributed by atoms with Crippen LogP contribution in [0.25, 0.3) is 11.0 Å². The highest BCUT2D eigenvalue weighted by atomic mass is 35.5. The summed E-state index contributed by atoms with van der Waals surface area (Å²) in [6.07, 6.45) is 8.46. The number of aromatic amines is 1. The number of nitrogens with zero attached hydrogens (tertiary/aromatic N) is 1. The van der Waals surface area contributed by atoms with E-state index in [9.17, 15) is 0 Å². The van der Waals surface area contributed by atoms with Crippen molar-refractivity contribution in [1.29, 1.82) is 0 Å². The van der Waals surface area contributed by atoms with Gasteiger partial charge < -0.3 is 10.3 Å². The Hall–Kier alpha value is -1.06. The fourth-order valence-corrected chi connectivity index (χ4v) is 2.91. The predicted molar refractivity (Wildman–Crippen MR) is 74.8 cm³/mol. The van der Waals surface area contributed by atoms with Crippen LogP contribution in [-0.4, -0.2) is 16.0 Å². The minimum Gasteiger partial charge on any atom is -0.342 e. The van der Waals surface area contributed by atoms with Crippen molar-refractivity contribution >= 4 is 22.6 Å². The van der Waals surface area contributed by atoms with Crippen molar-refractivity contribution in [3.05, 3.63) is 29.0 Å². The minimum absolute atomic E-state index is 0.675. The van der Waals surface area contributed by atoms with Crippen molar-refractivity contribution in [3.8, 4) is 0 Å². The summed E-state index contributed by atoms with van der Waals surface area (Å²) in [5.74, 6) is 0. The zero-order valence-corrected chi connectivity index (χ0v) is 11.1. The molecule has 0 amide bonds. The molecule has 96 valence electrons. The lowest BCUT2D eigenvalue weighted by molar-refractivity contribution is 0.371. The highest BCUT2D eigenvalue weighted by Gasteiger charge is 2.13. The maximum atomic E-state index is 6.14. The molecule has 18 heavy (non-hydrogen) atoms. The third-order valence-electron chi connectivity index (χ3n) is 3.72. The lowest BCUT2D eigenvalue weighted by Gasteiger charge is -2.22. The lowest BCUT2D eigenvalue weighted by Crippen LogP contribution is -2.30. The van der Waals surface area contributed by atoms with Gasteiger partial charge in [0.1, 0.15) is 5.65 Å². The van der Waals surface area contributed by atoms with Gasteiger partial charge in [0.15, 0.2) is 0 Å². The third-order valence-corrected chi connectivity index (χ3v) is 4.05. The first-order valence-corrected chi connectivity index (χ1v) is 7.06. The van der Waals surface area contributed by atoms with Crippen molar-refractivity contribution in [2.75, 3.05) is 0 Å². The molecule has 3 rings (SSSR count). The van der Waals surface area contributed by atoms with Crippen LogP contribution in [0.4, 0.5) is 0 Å². The molecule has 1 fully saturated rings. The van der Waals surface area contributed by atoms with E-state index < -0.39 is 0 Å². The number of H-pyrrole nitrogens is 1. The second kappa shape index (κ2) is 5.29. The van der Waals surface area contributed by atoms with Gasteiger partial charge in [-0.25, -0.2) is 4.98 Å². The van der Waals surface area contributed by atoms with Crippen LogP contribution >= 0.6 is 11.6 Å². The molecule has 0 radical (unpaired) electrons. The van der Waals surface area contributed by atoms with Crippen molar-refractivity contribution in [1.82, 2.24) is 15.3 Å². The molecule has 1 aliphatic carbocycles. The molecule has 0 aromatic carbocycles. The SMILES string of the molecule is Clc1ccnc2[nH]c(CNC3CCCCC3)cc12. The Morgan fingerprint density at radius 1 is 1.33 bits per heavy atom. The van der Waals surface area contributed by atoms with E-state index in [1.807, 2.05) is 6.07 Å². The molecule has 2 aromatic rings. The van der Waals surface area contributed by atoms with Gasteiger partial charge in [0.05, 0.1) is 5.02 Å². The zero-order valence-electron chi connectivity index (χ0n) is 10.4. The normalized spacial score (nSPS) is 17.4. The number of halogens is 1. The number of hydrogen-bond donors (Lipinski definition) is 2. The molecule has 2 aromatic heterocycles. The number of pyridine rings is 1. The summed E-state index contributed by atoms with van der Waals surface area (Å²) < 4.78 is 0. The summed E-state index contributed by atoms with van der Waals surface area (Å²) in [4.78, 5) is 7.61. The maximum Gasteiger partial charge on any atom is 0.138 e. The number of rotatable bonds is 3. The first-order valence-electron chi connectivity index (χ1n) is 6.68. The molecule has 0 atom stereocenters. The van der Waals surface area contributed by atoms with Crippen LogP contribution in [0.5, 0.6) is 0 Å². The van der Waals surface area contributed by atoms with Crippen LogP contribution in [0.2, 0.25) is 5.02 Å². The van der Waals surface area contributed by atoms with Crippen LogP contribution in [0, 0.1) is 0 Å². The maximum absolute atomic E-state index is 6.14. The first kappa shape index (κ1) is 12.0. The molecule has 4 heteroatoms. The van der Waals surface area contributed by atoms with Crippen molar-refractivity contribution in [3.63, 3.8) is 0 Å². The number of fused-ring (bicyclic) bond motifs is 1. The van der Waals surface area contributed by atoms with Gasteiger partial charge in [0.2, 0.25) is 0 Å². The highest BCUT2D eigenvalue weighted by molar-refractivity contribution is 6.35. The number of hydrogen-bond acceptors (Lipinski definition) is 2. The summed E-state index contributed by atoms with van der Waals surface area (Å²) >= 11 is 6.14. The predicted octanol–water partition coefficient (Wildman–Crippen LogP) is 3.64. The fraction of sp³-hybridized carbons (Fsp3) is 0.500. The van der Waals surface area contributed by atoms with Gasteiger partial charge >= 0.3 is 0 Å². The number of nitrogens with one attached hydrogen (secondary N) is 2. The minimum atomic E-state index is 0.675. The van der Waals surface area contributed by atoms with Crippen LogP contribution < -0.4 is 5.32 Å². The average Bonchev–Trinajstić information content (AvgIpc) is 2.82. The van der Waals surface area contributed by atoms with Crippen molar-refractivity contribution in [2.24, 2.45) is 0 Å². The van der Waals surface area contributed by atoms with Gasteiger partial charge in [-0.05, 0) is 25.0 Å². The molecular formula is C14H18ClN3.